The van der Waals surface area contributed by atoms with Gasteiger partial charge in [-0.2, -0.15) is 0 Å². The van der Waals surface area contributed by atoms with E-state index < -0.39 is 6.04 Å². The highest BCUT2D eigenvalue weighted by molar-refractivity contribution is 6.30. The van der Waals surface area contributed by atoms with Gasteiger partial charge in [-0.3, -0.25) is 9.59 Å². The van der Waals surface area contributed by atoms with Crippen molar-refractivity contribution in [1.29, 1.82) is 0 Å². The largest absolute Gasteiger partial charge is 0.497 e. The van der Waals surface area contributed by atoms with Gasteiger partial charge in [0.05, 0.1) is 25.6 Å². The molecule has 2 N–H and O–H groups in total. The second-order valence-corrected chi connectivity index (χ2v) is 7.50. The summed E-state index contributed by atoms with van der Waals surface area (Å²) in [6.07, 6.45) is 0.143. The highest BCUT2D eigenvalue weighted by atomic mass is 35.5. The topological polar surface area (TPSA) is 70.7 Å². The monoisotopic (exact) mass is 417 g/mol. The molecule has 0 saturated carbocycles. The molecule has 0 aliphatic carbocycles. The van der Waals surface area contributed by atoms with E-state index in [4.69, 9.17) is 16.3 Å². The summed E-state index contributed by atoms with van der Waals surface area (Å²) in [6.45, 7) is 1.89. The van der Waals surface area contributed by atoms with Crippen LogP contribution >= 0.6 is 11.6 Å². The molecule has 0 aliphatic heterocycles. The Morgan fingerprint density at radius 2 is 1.62 bits per heavy atom. The van der Waals surface area contributed by atoms with E-state index >= 15 is 0 Å². The number of halogens is 1. The Morgan fingerprint density at radius 1 is 1.03 bits per heavy atom. The Bertz CT molecular complexity index is 807. The van der Waals surface area contributed by atoms with Gasteiger partial charge in [0.15, 0.2) is 0 Å². The van der Waals surface area contributed by atoms with Gasteiger partial charge in [0.1, 0.15) is 5.75 Å². The third-order valence-electron chi connectivity index (χ3n) is 4.66. The van der Waals surface area contributed by atoms with E-state index in [0.29, 0.717) is 11.6 Å². The first kappa shape index (κ1) is 22.7. The molecule has 2 aromatic carbocycles. The van der Waals surface area contributed by atoms with Crippen molar-refractivity contribution < 1.29 is 14.3 Å². The molecule has 0 spiro atoms. The Morgan fingerprint density at radius 3 is 2.14 bits per heavy atom. The van der Waals surface area contributed by atoms with Crippen molar-refractivity contribution in [3.8, 4) is 5.75 Å². The molecule has 7 heteroatoms. The second-order valence-electron chi connectivity index (χ2n) is 7.07. The number of carbonyl (C=O) groups excluding carboxylic acids is 2. The Hall–Kier alpha value is -2.57. The maximum absolute atomic E-state index is 12.6. The number of rotatable bonds is 9. The molecule has 2 amide bonds. The molecule has 0 heterocycles. The third-order valence-corrected chi connectivity index (χ3v) is 4.91. The van der Waals surface area contributed by atoms with E-state index in [0.717, 1.165) is 16.9 Å². The van der Waals surface area contributed by atoms with Crippen LogP contribution in [0.2, 0.25) is 5.02 Å². The van der Waals surface area contributed by atoms with E-state index in [1.165, 1.54) is 6.92 Å². The van der Waals surface area contributed by atoms with Crippen molar-refractivity contribution in [2.24, 2.45) is 0 Å². The Balaban J connectivity index is 2.03. The van der Waals surface area contributed by atoms with Gasteiger partial charge in [-0.1, -0.05) is 35.9 Å². The van der Waals surface area contributed by atoms with Gasteiger partial charge in [-0.25, -0.2) is 0 Å². The van der Waals surface area contributed by atoms with E-state index in [1.807, 2.05) is 55.4 Å². The SMILES string of the molecule is COc1ccc(C(CNC(=O)CC(NC(C)=O)c2ccc(Cl)cc2)N(C)C)cc1. The molecule has 0 aromatic heterocycles. The molecule has 0 radical (unpaired) electrons. The predicted molar refractivity (Wildman–Crippen MR) is 115 cm³/mol. The first-order chi connectivity index (χ1) is 13.8. The fraction of sp³-hybridized carbons (Fsp3) is 0.364. The van der Waals surface area contributed by atoms with Gasteiger partial charge >= 0.3 is 0 Å². The summed E-state index contributed by atoms with van der Waals surface area (Å²) in [6, 6.07) is 14.5. The number of ether oxygens (including phenoxy) is 1. The molecule has 2 atom stereocenters. The molecule has 0 saturated heterocycles. The summed E-state index contributed by atoms with van der Waals surface area (Å²) in [5.74, 6) is 0.456. The van der Waals surface area contributed by atoms with Gasteiger partial charge in [-0.15, -0.1) is 0 Å². The zero-order valence-corrected chi connectivity index (χ0v) is 18.0. The number of hydrogen-bond donors (Lipinski definition) is 2. The third kappa shape index (κ3) is 7.07. The summed E-state index contributed by atoms with van der Waals surface area (Å²) >= 11 is 5.94. The van der Waals surface area contributed by atoms with Crippen molar-refractivity contribution in [3.05, 3.63) is 64.7 Å². The number of nitrogens with zero attached hydrogens (tertiary/aromatic N) is 1. The smallest absolute Gasteiger partial charge is 0.222 e. The van der Waals surface area contributed by atoms with E-state index in [1.54, 1.807) is 19.2 Å². The lowest BCUT2D eigenvalue weighted by Crippen LogP contribution is -2.37. The van der Waals surface area contributed by atoms with Crippen LogP contribution in [-0.4, -0.2) is 44.5 Å². The molecule has 2 rings (SSSR count). The Labute approximate surface area is 177 Å². The maximum atomic E-state index is 12.6. The molecular weight excluding hydrogens is 390 g/mol. The van der Waals surface area contributed by atoms with Gasteiger partial charge in [0.25, 0.3) is 0 Å². The lowest BCUT2D eigenvalue weighted by atomic mass is 10.0. The van der Waals surface area contributed by atoms with Crippen LogP contribution in [0.4, 0.5) is 0 Å². The zero-order chi connectivity index (χ0) is 21.4. The van der Waals surface area contributed by atoms with Crippen molar-refractivity contribution in [1.82, 2.24) is 15.5 Å². The summed E-state index contributed by atoms with van der Waals surface area (Å²) in [4.78, 5) is 26.2. The van der Waals surface area contributed by atoms with Crippen LogP contribution in [-0.2, 0) is 9.59 Å². The van der Waals surface area contributed by atoms with Crippen LogP contribution in [0.5, 0.6) is 5.75 Å². The molecule has 0 bridgehead atoms. The van der Waals surface area contributed by atoms with Crippen molar-refractivity contribution in [3.63, 3.8) is 0 Å². The zero-order valence-electron chi connectivity index (χ0n) is 17.2. The summed E-state index contributed by atoms with van der Waals surface area (Å²) in [7, 11) is 5.56. The predicted octanol–water partition coefficient (Wildman–Crippen LogP) is 3.34. The van der Waals surface area contributed by atoms with Crippen molar-refractivity contribution >= 4 is 23.4 Å². The minimum atomic E-state index is -0.413. The number of nitrogens with one attached hydrogen (secondary N) is 2. The lowest BCUT2D eigenvalue weighted by molar-refractivity contribution is -0.123. The minimum Gasteiger partial charge on any atom is -0.497 e. The molecule has 29 heavy (non-hydrogen) atoms. The minimum absolute atomic E-state index is 0.0135. The quantitative estimate of drug-likeness (QED) is 0.656. The van der Waals surface area contributed by atoms with E-state index in [2.05, 4.69) is 10.6 Å². The maximum Gasteiger partial charge on any atom is 0.222 e. The van der Waals surface area contributed by atoms with Gasteiger partial charge in [-0.05, 0) is 49.5 Å². The van der Waals surface area contributed by atoms with Gasteiger partial charge in [0.2, 0.25) is 11.8 Å². The molecule has 2 aromatic rings. The average molecular weight is 418 g/mol. The molecule has 2 unspecified atom stereocenters. The number of carbonyl (C=O) groups is 2. The molecule has 0 fully saturated rings. The van der Waals surface area contributed by atoms with Crippen LogP contribution < -0.4 is 15.4 Å². The first-order valence-corrected chi connectivity index (χ1v) is 9.77. The van der Waals surface area contributed by atoms with Crippen molar-refractivity contribution in [2.45, 2.75) is 25.4 Å². The summed E-state index contributed by atoms with van der Waals surface area (Å²) in [5, 5.41) is 6.43. The highest BCUT2D eigenvalue weighted by Gasteiger charge is 2.20. The molecule has 6 nitrogen and oxygen atoms in total. The number of methoxy groups -OCH3 is 1. The van der Waals surface area contributed by atoms with Crippen molar-refractivity contribution in [2.75, 3.05) is 27.7 Å². The number of benzene rings is 2. The molecular formula is C22H28ClN3O3. The van der Waals surface area contributed by atoms with Crippen LogP contribution in [0.1, 0.15) is 36.6 Å². The average Bonchev–Trinajstić information content (AvgIpc) is 2.68. The Kier molecular flexibility index (Phi) is 8.49. The summed E-state index contributed by atoms with van der Waals surface area (Å²) in [5.41, 5.74) is 1.91. The number of hydrogen-bond acceptors (Lipinski definition) is 4. The van der Waals surface area contributed by atoms with Crippen LogP contribution in [0.15, 0.2) is 48.5 Å². The number of likely N-dealkylation sites (N-methyl/N-ethyl adjacent to an activating group) is 1. The number of amides is 2. The van der Waals surface area contributed by atoms with E-state index in [-0.39, 0.29) is 24.3 Å². The second kappa shape index (κ2) is 10.8. The fourth-order valence-electron chi connectivity index (χ4n) is 3.09. The highest BCUT2D eigenvalue weighted by Crippen LogP contribution is 2.22. The van der Waals surface area contributed by atoms with Gasteiger partial charge < -0.3 is 20.3 Å². The van der Waals surface area contributed by atoms with Crippen LogP contribution in [0.3, 0.4) is 0 Å². The summed E-state index contributed by atoms with van der Waals surface area (Å²) < 4.78 is 5.21. The van der Waals surface area contributed by atoms with Crippen LogP contribution in [0, 0.1) is 0 Å². The lowest BCUT2D eigenvalue weighted by Gasteiger charge is -2.26. The normalized spacial score (nSPS) is 12.9. The molecule has 0 aliphatic rings. The van der Waals surface area contributed by atoms with Gasteiger partial charge in [0, 0.05) is 18.5 Å². The van der Waals surface area contributed by atoms with Crippen LogP contribution in [0.25, 0.3) is 0 Å². The van der Waals surface area contributed by atoms with E-state index in [9.17, 15) is 9.59 Å². The standard InChI is InChI=1S/C22H28ClN3O3/c1-15(27)25-20(16-5-9-18(23)10-6-16)13-22(28)24-14-21(26(2)3)17-7-11-19(29-4)12-8-17/h5-12,20-21H,13-14H2,1-4H3,(H,24,28)(H,25,27). The fourth-order valence-corrected chi connectivity index (χ4v) is 3.21. The first-order valence-electron chi connectivity index (χ1n) is 9.39. The molecule has 156 valence electrons.